The maximum Gasteiger partial charge on any atom is 0.163 e. The van der Waals surface area contributed by atoms with Crippen molar-refractivity contribution in [1.82, 2.24) is 0 Å². The third-order valence-corrected chi connectivity index (χ3v) is 7.40. The average molecular weight is 393 g/mol. The second-order valence-electron chi connectivity index (χ2n) is 7.13. The van der Waals surface area contributed by atoms with E-state index in [1.54, 1.807) is 22.7 Å². The molecule has 2 unspecified atom stereocenters. The second-order valence-corrected chi connectivity index (χ2v) is 9.43. The fourth-order valence-corrected chi connectivity index (χ4v) is 5.81. The van der Waals surface area contributed by atoms with Gasteiger partial charge >= 0.3 is 0 Å². The van der Waals surface area contributed by atoms with E-state index in [4.69, 9.17) is 0 Å². The first-order chi connectivity index (χ1) is 13.2. The third-order valence-electron chi connectivity index (χ3n) is 5.30. The van der Waals surface area contributed by atoms with Gasteiger partial charge in [0.15, 0.2) is 5.78 Å². The molecule has 0 saturated heterocycles. The zero-order valence-corrected chi connectivity index (χ0v) is 16.6. The SMILES string of the molecule is Cc1ccc(C2Nc3ccccc3NC3=C2C(=O)CC(c2cccs2)C3)s1. The number of nitrogens with one attached hydrogen (secondary N) is 2. The molecular weight excluding hydrogens is 372 g/mol. The number of ketones is 1. The van der Waals surface area contributed by atoms with Crippen molar-refractivity contribution >= 4 is 39.8 Å². The summed E-state index contributed by atoms with van der Waals surface area (Å²) in [5.41, 5.74) is 4.06. The Hall–Kier alpha value is -2.37. The lowest BCUT2D eigenvalue weighted by atomic mass is 9.82. The summed E-state index contributed by atoms with van der Waals surface area (Å²) >= 11 is 3.51. The molecule has 1 aliphatic carbocycles. The molecule has 3 nitrogen and oxygen atoms in total. The molecule has 136 valence electrons. The third kappa shape index (κ3) is 3.01. The average Bonchev–Trinajstić information content (AvgIpc) is 3.30. The van der Waals surface area contributed by atoms with E-state index in [0.717, 1.165) is 29.1 Å². The summed E-state index contributed by atoms with van der Waals surface area (Å²) in [6.45, 7) is 2.11. The molecule has 27 heavy (non-hydrogen) atoms. The quantitative estimate of drug-likeness (QED) is 0.554. The highest BCUT2D eigenvalue weighted by atomic mass is 32.1. The second kappa shape index (κ2) is 6.66. The first-order valence-corrected chi connectivity index (χ1v) is 10.9. The molecule has 5 rings (SSSR count). The minimum Gasteiger partial charge on any atom is -0.372 e. The Labute approximate surface area is 166 Å². The molecule has 3 aromatic rings. The summed E-state index contributed by atoms with van der Waals surface area (Å²) < 4.78 is 0. The number of rotatable bonds is 2. The number of aryl methyl sites for hydroxylation is 1. The minimum atomic E-state index is -0.0911. The summed E-state index contributed by atoms with van der Waals surface area (Å²) in [6, 6.07) is 16.6. The Bertz CT molecular complexity index is 1030. The molecule has 0 saturated carbocycles. The number of para-hydroxylation sites is 2. The zero-order valence-electron chi connectivity index (χ0n) is 15.0. The molecule has 0 amide bonds. The van der Waals surface area contributed by atoms with Crippen molar-refractivity contribution in [3.63, 3.8) is 0 Å². The molecule has 5 heteroatoms. The van der Waals surface area contributed by atoms with Crippen LogP contribution in [0.5, 0.6) is 0 Å². The largest absolute Gasteiger partial charge is 0.372 e. The van der Waals surface area contributed by atoms with Gasteiger partial charge in [0, 0.05) is 38.2 Å². The van der Waals surface area contributed by atoms with E-state index in [-0.39, 0.29) is 17.7 Å². The molecule has 1 aliphatic heterocycles. The van der Waals surface area contributed by atoms with Crippen molar-refractivity contribution in [3.05, 3.63) is 79.8 Å². The van der Waals surface area contributed by atoms with Crippen LogP contribution in [0.2, 0.25) is 0 Å². The van der Waals surface area contributed by atoms with Crippen LogP contribution in [0.4, 0.5) is 11.4 Å². The van der Waals surface area contributed by atoms with Gasteiger partial charge in [-0.05, 0) is 49.1 Å². The number of allylic oxidation sites excluding steroid dienone is 1. The highest BCUT2D eigenvalue weighted by Gasteiger charge is 2.36. The van der Waals surface area contributed by atoms with E-state index in [0.29, 0.717) is 6.42 Å². The molecule has 2 aliphatic rings. The van der Waals surface area contributed by atoms with Crippen molar-refractivity contribution in [2.45, 2.75) is 31.7 Å². The number of benzene rings is 1. The van der Waals surface area contributed by atoms with Crippen molar-refractivity contribution in [2.75, 3.05) is 10.6 Å². The number of hydrogen-bond acceptors (Lipinski definition) is 5. The highest BCUT2D eigenvalue weighted by Crippen LogP contribution is 2.45. The van der Waals surface area contributed by atoms with E-state index in [1.165, 1.54) is 14.6 Å². The van der Waals surface area contributed by atoms with Gasteiger partial charge in [0.1, 0.15) is 0 Å². The molecule has 2 aromatic heterocycles. The molecule has 2 atom stereocenters. The number of anilines is 2. The van der Waals surface area contributed by atoms with E-state index in [9.17, 15) is 4.79 Å². The van der Waals surface area contributed by atoms with Gasteiger partial charge in [-0.2, -0.15) is 0 Å². The number of hydrogen-bond donors (Lipinski definition) is 2. The fourth-order valence-electron chi connectivity index (χ4n) is 4.04. The van der Waals surface area contributed by atoms with E-state index >= 15 is 0 Å². The predicted octanol–water partition coefficient (Wildman–Crippen LogP) is 6.10. The molecular formula is C22H20N2OS2. The van der Waals surface area contributed by atoms with Crippen molar-refractivity contribution in [1.29, 1.82) is 0 Å². The van der Waals surface area contributed by atoms with Crippen LogP contribution in [-0.2, 0) is 4.79 Å². The van der Waals surface area contributed by atoms with E-state index < -0.39 is 0 Å². The molecule has 1 aromatic carbocycles. The Morgan fingerprint density at radius 3 is 2.56 bits per heavy atom. The first-order valence-electron chi connectivity index (χ1n) is 9.17. The van der Waals surface area contributed by atoms with Crippen LogP contribution < -0.4 is 10.6 Å². The van der Waals surface area contributed by atoms with Crippen LogP contribution in [0.1, 0.15) is 39.4 Å². The zero-order chi connectivity index (χ0) is 18.4. The van der Waals surface area contributed by atoms with Crippen molar-refractivity contribution < 1.29 is 4.79 Å². The lowest BCUT2D eigenvalue weighted by Gasteiger charge is -2.28. The number of Topliss-reactive ketones (excluding diaryl/α,β-unsaturated/α-hetero) is 1. The number of carbonyl (C=O) groups is 1. The normalized spacial score (nSPS) is 21.7. The number of thiophene rings is 2. The number of carbonyl (C=O) groups excluding carboxylic acids is 1. The molecule has 2 N–H and O–H groups in total. The minimum absolute atomic E-state index is 0.0911. The monoisotopic (exact) mass is 392 g/mol. The molecule has 3 heterocycles. The Kier molecular flexibility index (Phi) is 4.14. The topological polar surface area (TPSA) is 41.1 Å². The lowest BCUT2D eigenvalue weighted by Crippen LogP contribution is -2.26. The van der Waals surface area contributed by atoms with Gasteiger partial charge in [-0.15, -0.1) is 22.7 Å². The van der Waals surface area contributed by atoms with Crippen molar-refractivity contribution in [2.24, 2.45) is 0 Å². The van der Waals surface area contributed by atoms with Crippen molar-refractivity contribution in [3.8, 4) is 0 Å². The summed E-state index contributed by atoms with van der Waals surface area (Å²) in [6.07, 6.45) is 1.46. The molecule has 0 fully saturated rings. The molecule has 0 bridgehead atoms. The Balaban J connectivity index is 1.62. The van der Waals surface area contributed by atoms with E-state index in [1.807, 2.05) is 12.1 Å². The maximum absolute atomic E-state index is 13.3. The van der Waals surface area contributed by atoms with Gasteiger partial charge in [0.2, 0.25) is 0 Å². The van der Waals surface area contributed by atoms with Crippen LogP contribution in [-0.4, -0.2) is 5.78 Å². The smallest absolute Gasteiger partial charge is 0.163 e. The maximum atomic E-state index is 13.3. The van der Waals surface area contributed by atoms with E-state index in [2.05, 4.69) is 59.3 Å². The Morgan fingerprint density at radius 2 is 1.81 bits per heavy atom. The van der Waals surface area contributed by atoms with Gasteiger partial charge in [-0.25, -0.2) is 0 Å². The predicted molar refractivity (Wildman–Crippen MR) is 114 cm³/mol. The molecule has 0 spiro atoms. The lowest BCUT2D eigenvalue weighted by molar-refractivity contribution is -0.116. The van der Waals surface area contributed by atoms with Crippen LogP contribution in [0.15, 0.2) is 65.2 Å². The van der Waals surface area contributed by atoms with Gasteiger partial charge in [-0.3, -0.25) is 4.79 Å². The van der Waals surface area contributed by atoms with Crippen LogP contribution in [0, 0.1) is 6.92 Å². The van der Waals surface area contributed by atoms with Gasteiger partial charge < -0.3 is 10.6 Å². The summed E-state index contributed by atoms with van der Waals surface area (Å²) in [5.74, 6) is 0.512. The number of fused-ring (bicyclic) bond motifs is 1. The Morgan fingerprint density at radius 1 is 0.963 bits per heavy atom. The van der Waals surface area contributed by atoms with Gasteiger partial charge in [0.25, 0.3) is 0 Å². The van der Waals surface area contributed by atoms with Gasteiger partial charge in [0.05, 0.1) is 17.4 Å². The van der Waals surface area contributed by atoms with Crippen LogP contribution in [0.3, 0.4) is 0 Å². The molecule has 0 radical (unpaired) electrons. The first kappa shape index (κ1) is 16.8. The highest BCUT2D eigenvalue weighted by molar-refractivity contribution is 7.12. The summed E-state index contributed by atoms with van der Waals surface area (Å²) in [4.78, 5) is 17.1. The van der Waals surface area contributed by atoms with Crippen LogP contribution in [0.25, 0.3) is 0 Å². The standard InChI is InChI=1S/C22H20N2OS2/c1-13-8-9-20(27-13)22-21-17(23-15-5-2-3-6-16(15)24-22)11-14(12-18(21)25)19-7-4-10-26-19/h2-10,14,22-24H,11-12H2,1H3. The van der Waals surface area contributed by atoms with Crippen LogP contribution >= 0.6 is 22.7 Å². The van der Waals surface area contributed by atoms with Gasteiger partial charge in [-0.1, -0.05) is 18.2 Å². The summed E-state index contributed by atoms with van der Waals surface area (Å²) in [7, 11) is 0. The summed E-state index contributed by atoms with van der Waals surface area (Å²) in [5, 5.41) is 9.33. The fraction of sp³-hybridized carbons (Fsp3) is 0.227.